The molecule has 26 heavy (non-hydrogen) atoms. The van der Waals surface area contributed by atoms with Crippen molar-refractivity contribution in [1.82, 2.24) is 0 Å². The molecular weight excluding hydrogens is 370 g/mol. The molecule has 0 spiro atoms. The van der Waals surface area contributed by atoms with Crippen LogP contribution in [0.1, 0.15) is 23.7 Å². The number of rotatable bonds is 6. The van der Waals surface area contributed by atoms with Crippen molar-refractivity contribution in [2.24, 2.45) is 0 Å². The van der Waals surface area contributed by atoms with Crippen LogP contribution in [0.25, 0.3) is 0 Å². The molecule has 3 rings (SSSR count). The summed E-state index contributed by atoms with van der Waals surface area (Å²) < 4.78 is 28.9. The van der Waals surface area contributed by atoms with Gasteiger partial charge in [-0.15, -0.1) is 11.8 Å². The first-order valence-electron chi connectivity index (χ1n) is 8.48. The number of para-hydroxylation sites is 2. The molecule has 1 N–H and O–H groups in total. The van der Waals surface area contributed by atoms with Crippen LogP contribution in [-0.2, 0) is 9.84 Å². The molecule has 1 aliphatic heterocycles. The van der Waals surface area contributed by atoms with E-state index in [0.29, 0.717) is 30.0 Å². The highest BCUT2D eigenvalue weighted by Gasteiger charge is 2.29. The van der Waals surface area contributed by atoms with Crippen molar-refractivity contribution in [3.63, 3.8) is 0 Å². The normalized spacial score (nSPS) is 18.4. The van der Waals surface area contributed by atoms with Gasteiger partial charge < -0.3 is 10.1 Å². The highest BCUT2D eigenvalue weighted by atomic mass is 32.2. The van der Waals surface area contributed by atoms with Crippen LogP contribution in [0.4, 0.5) is 5.69 Å². The van der Waals surface area contributed by atoms with Crippen LogP contribution < -0.4 is 10.1 Å². The second-order valence-electron chi connectivity index (χ2n) is 6.02. The quantitative estimate of drug-likeness (QED) is 0.814. The van der Waals surface area contributed by atoms with Crippen LogP contribution in [0, 0.1) is 0 Å². The number of nitrogens with one attached hydrogen (secondary N) is 1. The standard InChI is InChI=1S/C19H21NO4S2/c1-2-24-17-9-5-4-8-16(17)20-19(21)15-7-3-6-10-18(15)25-14-11-12-26(22,23)13-14/h3-10,14H,2,11-13H2,1H3,(H,20,21)/t14-/m1/s1. The molecule has 1 atom stereocenters. The highest BCUT2D eigenvalue weighted by molar-refractivity contribution is 8.02. The first kappa shape index (κ1) is 18.8. The Morgan fingerprint density at radius 1 is 1.19 bits per heavy atom. The molecule has 1 heterocycles. The second kappa shape index (κ2) is 8.14. The molecule has 0 aromatic heterocycles. The largest absolute Gasteiger partial charge is 0.492 e. The van der Waals surface area contributed by atoms with Gasteiger partial charge >= 0.3 is 0 Å². The van der Waals surface area contributed by atoms with Gasteiger partial charge in [0, 0.05) is 10.1 Å². The number of carbonyl (C=O) groups excluding carboxylic acids is 1. The monoisotopic (exact) mass is 391 g/mol. The van der Waals surface area contributed by atoms with Crippen LogP contribution in [0.15, 0.2) is 53.4 Å². The number of benzene rings is 2. The summed E-state index contributed by atoms with van der Waals surface area (Å²) in [6, 6.07) is 14.6. The van der Waals surface area contributed by atoms with Crippen molar-refractivity contribution in [1.29, 1.82) is 0 Å². The third-order valence-electron chi connectivity index (χ3n) is 4.05. The zero-order valence-electron chi connectivity index (χ0n) is 14.5. The summed E-state index contributed by atoms with van der Waals surface area (Å²) in [5.74, 6) is 0.776. The lowest BCUT2D eigenvalue weighted by molar-refractivity contribution is 0.102. The summed E-state index contributed by atoms with van der Waals surface area (Å²) in [4.78, 5) is 13.6. The minimum absolute atomic E-state index is 0.00957. The first-order chi connectivity index (χ1) is 12.5. The van der Waals surface area contributed by atoms with Crippen molar-refractivity contribution >= 4 is 33.2 Å². The van der Waals surface area contributed by atoms with Gasteiger partial charge in [0.05, 0.1) is 29.4 Å². The third kappa shape index (κ3) is 4.59. The van der Waals surface area contributed by atoms with Gasteiger partial charge in [-0.05, 0) is 37.6 Å². The van der Waals surface area contributed by atoms with Gasteiger partial charge in [0.15, 0.2) is 9.84 Å². The third-order valence-corrected chi connectivity index (χ3v) is 7.38. The molecule has 0 saturated carbocycles. The zero-order chi connectivity index (χ0) is 18.6. The lowest BCUT2D eigenvalue weighted by Crippen LogP contribution is -2.15. The smallest absolute Gasteiger partial charge is 0.256 e. The first-order valence-corrected chi connectivity index (χ1v) is 11.2. The van der Waals surface area contributed by atoms with Gasteiger partial charge in [-0.3, -0.25) is 4.79 Å². The molecule has 0 unspecified atom stereocenters. The average Bonchev–Trinajstić information content (AvgIpc) is 2.96. The Morgan fingerprint density at radius 3 is 2.65 bits per heavy atom. The van der Waals surface area contributed by atoms with E-state index >= 15 is 0 Å². The van der Waals surface area contributed by atoms with Gasteiger partial charge in [-0.1, -0.05) is 24.3 Å². The second-order valence-corrected chi connectivity index (χ2v) is 9.59. The van der Waals surface area contributed by atoms with Crippen LogP contribution in [0.2, 0.25) is 0 Å². The Kier molecular flexibility index (Phi) is 5.88. The summed E-state index contributed by atoms with van der Waals surface area (Å²) in [6.45, 7) is 2.40. The summed E-state index contributed by atoms with van der Waals surface area (Å²) >= 11 is 1.46. The Bertz CT molecular complexity index is 896. The summed E-state index contributed by atoms with van der Waals surface area (Å²) in [5, 5.41) is 2.89. The van der Waals surface area contributed by atoms with Crippen LogP contribution in [0.3, 0.4) is 0 Å². The van der Waals surface area contributed by atoms with E-state index in [1.807, 2.05) is 37.3 Å². The molecule has 1 saturated heterocycles. The van der Waals surface area contributed by atoms with Crippen molar-refractivity contribution < 1.29 is 17.9 Å². The van der Waals surface area contributed by atoms with Gasteiger partial charge in [0.2, 0.25) is 0 Å². The molecule has 0 bridgehead atoms. The van der Waals surface area contributed by atoms with E-state index in [4.69, 9.17) is 4.74 Å². The highest BCUT2D eigenvalue weighted by Crippen LogP contribution is 2.33. The minimum Gasteiger partial charge on any atom is -0.492 e. The Hall–Kier alpha value is -1.99. The van der Waals surface area contributed by atoms with Gasteiger partial charge in [0.1, 0.15) is 5.75 Å². The van der Waals surface area contributed by atoms with E-state index in [1.54, 1.807) is 18.2 Å². The molecule has 7 heteroatoms. The maximum atomic E-state index is 12.8. The van der Waals surface area contributed by atoms with Crippen molar-refractivity contribution in [2.45, 2.75) is 23.5 Å². The average molecular weight is 392 g/mol. The molecule has 0 radical (unpaired) electrons. The van der Waals surface area contributed by atoms with Crippen LogP contribution in [-0.4, -0.2) is 37.7 Å². The van der Waals surface area contributed by atoms with E-state index < -0.39 is 9.84 Å². The Labute approximate surface area is 158 Å². The molecule has 1 fully saturated rings. The van der Waals surface area contributed by atoms with E-state index in [0.717, 1.165) is 4.90 Å². The number of anilines is 1. The number of sulfone groups is 1. The van der Waals surface area contributed by atoms with E-state index in [-0.39, 0.29) is 22.7 Å². The summed E-state index contributed by atoms with van der Waals surface area (Å²) in [7, 11) is -2.95. The number of amides is 1. The molecule has 2 aromatic rings. The van der Waals surface area contributed by atoms with Crippen molar-refractivity contribution in [2.75, 3.05) is 23.4 Å². The van der Waals surface area contributed by atoms with Crippen molar-refractivity contribution in [3.8, 4) is 5.75 Å². The topological polar surface area (TPSA) is 72.5 Å². The predicted molar refractivity (Wildman–Crippen MR) is 105 cm³/mol. The maximum Gasteiger partial charge on any atom is 0.256 e. The fraction of sp³-hybridized carbons (Fsp3) is 0.316. The molecule has 1 aliphatic rings. The maximum absolute atomic E-state index is 12.8. The lowest BCUT2D eigenvalue weighted by atomic mass is 10.2. The zero-order valence-corrected chi connectivity index (χ0v) is 16.1. The number of hydrogen-bond acceptors (Lipinski definition) is 5. The Morgan fingerprint density at radius 2 is 1.92 bits per heavy atom. The van der Waals surface area contributed by atoms with Gasteiger partial charge in [0.25, 0.3) is 5.91 Å². The molecule has 2 aromatic carbocycles. The molecule has 138 valence electrons. The number of ether oxygens (including phenoxy) is 1. The van der Waals surface area contributed by atoms with Gasteiger partial charge in [-0.25, -0.2) is 8.42 Å². The molecule has 5 nitrogen and oxygen atoms in total. The fourth-order valence-corrected chi connectivity index (χ4v) is 6.46. The lowest BCUT2D eigenvalue weighted by Gasteiger charge is -2.14. The molecular formula is C19H21NO4S2. The van der Waals surface area contributed by atoms with Gasteiger partial charge in [-0.2, -0.15) is 0 Å². The van der Waals surface area contributed by atoms with Crippen LogP contribution in [0.5, 0.6) is 5.75 Å². The SMILES string of the molecule is CCOc1ccccc1NC(=O)c1ccccc1S[C@@H]1CCS(=O)(=O)C1. The predicted octanol–water partition coefficient (Wildman–Crippen LogP) is 3.62. The van der Waals surface area contributed by atoms with E-state index in [2.05, 4.69) is 5.32 Å². The minimum atomic E-state index is -2.95. The van der Waals surface area contributed by atoms with Crippen molar-refractivity contribution in [3.05, 3.63) is 54.1 Å². The fourth-order valence-electron chi connectivity index (χ4n) is 2.83. The molecule has 1 amide bonds. The van der Waals surface area contributed by atoms with E-state index in [1.165, 1.54) is 11.8 Å². The number of carbonyl (C=O) groups is 1. The van der Waals surface area contributed by atoms with Crippen LogP contribution >= 0.6 is 11.8 Å². The number of hydrogen-bond donors (Lipinski definition) is 1. The number of thioether (sulfide) groups is 1. The van der Waals surface area contributed by atoms with E-state index in [9.17, 15) is 13.2 Å². The molecule has 0 aliphatic carbocycles. The summed E-state index contributed by atoms with van der Waals surface area (Å²) in [5.41, 5.74) is 1.15. The summed E-state index contributed by atoms with van der Waals surface area (Å²) in [6.07, 6.45) is 0.621. The Balaban J connectivity index is 1.78.